The van der Waals surface area contributed by atoms with E-state index in [0.717, 1.165) is 25.5 Å². The second kappa shape index (κ2) is 5.02. The molecule has 0 aromatic carbocycles. The molecule has 94 valence electrons. The van der Waals surface area contributed by atoms with E-state index in [1.165, 1.54) is 19.3 Å². The van der Waals surface area contributed by atoms with Crippen molar-refractivity contribution in [3.05, 3.63) is 0 Å². The lowest BCUT2D eigenvalue weighted by molar-refractivity contribution is -0.0811. The summed E-state index contributed by atoms with van der Waals surface area (Å²) in [5.74, 6) is 0.489. The van der Waals surface area contributed by atoms with Gasteiger partial charge in [-0.3, -0.25) is 4.18 Å². The van der Waals surface area contributed by atoms with Crippen LogP contribution >= 0.6 is 0 Å². The highest BCUT2D eigenvalue weighted by molar-refractivity contribution is 7.86. The summed E-state index contributed by atoms with van der Waals surface area (Å²) in [6.07, 6.45) is 8.01. The molecule has 1 saturated carbocycles. The van der Waals surface area contributed by atoms with Gasteiger partial charge in [-0.2, -0.15) is 8.42 Å². The van der Waals surface area contributed by atoms with Gasteiger partial charge in [-0.25, -0.2) is 0 Å². The molecule has 16 heavy (non-hydrogen) atoms. The maximum Gasteiger partial charge on any atom is 0.264 e. The van der Waals surface area contributed by atoms with Gasteiger partial charge in [0.15, 0.2) is 0 Å². The van der Waals surface area contributed by atoms with Gasteiger partial charge < -0.3 is 4.74 Å². The maximum absolute atomic E-state index is 11.0. The molecule has 0 spiro atoms. The summed E-state index contributed by atoms with van der Waals surface area (Å²) in [5.41, 5.74) is 0. The van der Waals surface area contributed by atoms with E-state index in [1.807, 2.05) is 0 Å². The Hall–Kier alpha value is -0.130. The first kappa shape index (κ1) is 12.3. The predicted molar refractivity (Wildman–Crippen MR) is 60.6 cm³/mol. The quantitative estimate of drug-likeness (QED) is 0.698. The van der Waals surface area contributed by atoms with Crippen LogP contribution in [0.2, 0.25) is 0 Å². The summed E-state index contributed by atoms with van der Waals surface area (Å²) in [4.78, 5) is 0. The molecule has 4 nitrogen and oxygen atoms in total. The van der Waals surface area contributed by atoms with Crippen molar-refractivity contribution in [2.24, 2.45) is 5.92 Å². The average Bonchev–Trinajstić information content (AvgIpc) is 2.39. The van der Waals surface area contributed by atoms with E-state index >= 15 is 0 Å². The van der Waals surface area contributed by atoms with Gasteiger partial charge in [-0.15, -0.1) is 0 Å². The zero-order chi connectivity index (χ0) is 11.6. The molecule has 5 heteroatoms. The van der Waals surface area contributed by atoms with E-state index in [9.17, 15) is 8.42 Å². The van der Waals surface area contributed by atoms with Gasteiger partial charge in [-0.1, -0.05) is 19.3 Å². The number of hydrogen-bond acceptors (Lipinski definition) is 4. The van der Waals surface area contributed by atoms with E-state index in [4.69, 9.17) is 8.92 Å². The second-order valence-corrected chi connectivity index (χ2v) is 6.53. The summed E-state index contributed by atoms with van der Waals surface area (Å²) < 4.78 is 32.8. The van der Waals surface area contributed by atoms with E-state index in [1.54, 1.807) is 0 Å². The molecule has 0 aromatic heterocycles. The van der Waals surface area contributed by atoms with Gasteiger partial charge in [0.05, 0.1) is 19.0 Å². The molecule has 0 amide bonds. The highest BCUT2D eigenvalue weighted by Gasteiger charge is 2.33. The van der Waals surface area contributed by atoms with Crippen molar-refractivity contribution in [1.82, 2.24) is 0 Å². The Kier molecular flexibility index (Phi) is 3.87. The van der Waals surface area contributed by atoms with Gasteiger partial charge in [0, 0.05) is 0 Å². The monoisotopic (exact) mass is 248 g/mol. The summed E-state index contributed by atoms with van der Waals surface area (Å²) in [6, 6.07) is 0. The fraction of sp³-hybridized carbons (Fsp3) is 1.00. The Morgan fingerprint density at radius 3 is 2.69 bits per heavy atom. The molecule has 0 aromatic rings. The fourth-order valence-electron chi connectivity index (χ4n) is 2.79. The van der Waals surface area contributed by atoms with Crippen LogP contribution in [-0.2, 0) is 19.0 Å². The summed E-state index contributed by atoms with van der Waals surface area (Å²) >= 11 is 0. The van der Waals surface area contributed by atoms with Gasteiger partial charge in [0.25, 0.3) is 10.1 Å². The average molecular weight is 248 g/mol. The molecule has 0 N–H and O–H groups in total. The van der Waals surface area contributed by atoms with E-state index < -0.39 is 10.1 Å². The normalized spacial score (nSPS) is 36.4. The Balaban J connectivity index is 1.93. The standard InChI is InChI=1S/C11H20O4S/c1-16(12,13)15-10-7-9-5-3-2-4-6-11(9)14-8-10/h9-11H,2-8H2,1H3/t9-,10+,11-/m0/s1. The summed E-state index contributed by atoms with van der Waals surface area (Å²) in [6.45, 7) is 0.425. The van der Waals surface area contributed by atoms with Crippen molar-refractivity contribution >= 4 is 10.1 Å². The topological polar surface area (TPSA) is 52.6 Å². The first-order valence-corrected chi connectivity index (χ1v) is 7.86. The van der Waals surface area contributed by atoms with Crippen molar-refractivity contribution in [1.29, 1.82) is 0 Å². The van der Waals surface area contributed by atoms with Crippen LogP contribution in [0.25, 0.3) is 0 Å². The van der Waals surface area contributed by atoms with Crippen LogP contribution in [0, 0.1) is 5.92 Å². The van der Waals surface area contributed by atoms with Gasteiger partial charge in [0.1, 0.15) is 6.10 Å². The number of ether oxygens (including phenoxy) is 1. The highest BCUT2D eigenvalue weighted by atomic mass is 32.2. The zero-order valence-corrected chi connectivity index (χ0v) is 10.5. The Morgan fingerprint density at radius 2 is 1.94 bits per heavy atom. The lowest BCUT2D eigenvalue weighted by Crippen LogP contribution is -2.38. The molecular formula is C11H20O4S. The minimum absolute atomic E-state index is 0.269. The molecule has 0 radical (unpaired) electrons. The predicted octanol–water partition coefficient (Wildman–Crippen LogP) is 1.70. The van der Waals surface area contributed by atoms with Crippen LogP contribution in [-0.4, -0.2) is 33.5 Å². The maximum atomic E-state index is 11.0. The third kappa shape index (κ3) is 3.43. The van der Waals surface area contributed by atoms with Crippen LogP contribution in [0.4, 0.5) is 0 Å². The summed E-state index contributed by atoms with van der Waals surface area (Å²) in [5, 5.41) is 0. The molecular weight excluding hydrogens is 228 g/mol. The van der Waals surface area contributed by atoms with Crippen LogP contribution in [0.1, 0.15) is 38.5 Å². The molecule has 1 heterocycles. The zero-order valence-electron chi connectivity index (χ0n) is 9.72. The third-order valence-corrected chi connectivity index (χ3v) is 4.08. The van der Waals surface area contributed by atoms with Crippen LogP contribution in [0.5, 0.6) is 0 Å². The minimum Gasteiger partial charge on any atom is -0.375 e. The Labute approximate surface area is 97.4 Å². The van der Waals surface area contributed by atoms with Gasteiger partial charge >= 0.3 is 0 Å². The molecule has 2 aliphatic rings. The SMILES string of the molecule is CS(=O)(=O)O[C@H]1CO[C@H]2CCCCC[C@H]2C1. The van der Waals surface area contributed by atoms with E-state index in [-0.39, 0.29) is 6.10 Å². The van der Waals surface area contributed by atoms with Crippen LogP contribution in [0.15, 0.2) is 0 Å². The van der Waals surface area contributed by atoms with Crippen molar-refractivity contribution in [2.75, 3.05) is 12.9 Å². The molecule has 1 aliphatic carbocycles. The van der Waals surface area contributed by atoms with E-state index in [2.05, 4.69) is 0 Å². The molecule has 0 bridgehead atoms. The Bertz CT molecular complexity index is 325. The molecule has 1 saturated heterocycles. The van der Waals surface area contributed by atoms with Gasteiger partial charge in [0.2, 0.25) is 0 Å². The lowest BCUT2D eigenvalue weighted by atomic mass is 9.89. The molecule has 0 unspecified atom stereocenters. The molecule has 2 fully saturated rings. The first-order valence-electron chi connectivity index (χ1n) is 6.04. The number of hydrogen-bond donors (Lipinski definition) is 0. The largest absolute Gasteiger partial charge is 0.375 e. The van der Waals surface area contributed by atoms with Crippen molar-refractivity contribution in [3.63, 3.8) is 0 Å². The van der Waals surface area contributed by atoms with E-state index in [0.29, 0.717) is 18.6 Å². The first-order chi connectivity index (χ1) is 7.54. The van der Waals surface area contributed by atoms with Crippen LogP contribution in [0.3, 0.4) is 0 Å². The molecule has 2 rings (SSSR count). The smallest absolute Gasteiger partial charge is 0.264 e. The van der Waals surface area contributed by atoms with Crippen molar-refractivity contribution in [3.8, 4) is 0 Å². The Morgan fingerprint density at radius 1 is 1.19 bits per heavy atom. The third-order valence-electron chi connectivity index (χ3n) is 3.46. The van der Waals surface area contributed by atoms with Gasteiger partial charge in [-0.05, 0) is 25.2 Å². The van der Waals surface area contributed by atoms with Crippen LogP contribution < -0.4 is 0 Å². The highest BCUT2D eigenvalue weighted by Crippen LogP contribution is 2.33. The summed E-state index contributed by atoms with van der Waals surface area (Å²) in [7, 11) is -3.35. The fourth-order valence-corrected chi connectivity index (χ4v) is 3.42. The molecule has 3 atom stereocenters. The lowest BCUT2D eigenvalue weighted by Gasteiger charge is -2.34. The second-order valence-electron chi connectivity index (χ2n) is 4.93. The minimum atomic E-state index is -3.35. The number of fused-ring (bicyclic) bond motifs is 1. The number of rotatable bonds is 2. The van der Waals surface area contributed by atoms with Crippen molar-refractivity contribution in [2.45, 2.75) is 50.7 Å². The van der Waals surface area contributed by atoms with Crippen molar-refractivity contribution < 1.29 is 17.3 Å². The molecule has 1 aliphatic heterocycles.